The van der Waals surface area contributed by atoms with Gasteiger partial charge in [0.1, 0.15) is 11.6 Å². The van der Waals surface area contributed by atoms with Crippen molar-refractivity contribution in [3.05, 3.63) is 36.0 Å². The molecule has 7 nitrogen and oxygen atoms in total. The topological polar surface area (TPSA) is 77.7 Å². The van der Waals surface area contributed by atoms with E-state index in [0.717, 1.165) is 17.4 Å². The molecule has 1 atom stereocenters. The highest BCUT2D eigenvalue weighted by atomic mass is 16.5. The summed E-state index contributed by atoms with van der Waals surface area (Å²) in [6.45, 7) is 3.19. The number of nitrogens with zero attached hydrogens (tertiary/aromatic N) is 2. The molecule has 2 aromatic rings. The number of likely N-dealkylation sites (tertiary alicyclic amines) is 1. The predicted molar refractivity (Wildman–Crippen MR) is 105 cm³/mol. The van der Waals surface area contributed by atoms with E-state index in [4.69, 9.17) is 4.74 Å². The number of carbonyl (C=O) groups excluding carboxylic acids is 2. The molecule has 1 aliphatic carbocycles. The monoisotopic (exact) mass is 382 g/mol. The third kappa shape index (κ3) is 2.99. The van der Waals surface area contributed by atoms with Gasteiger partial charge in [-0.3, -0.25) is 14.5 Å². The number of para-hydroxylation sites is 1. The van der Waals surface area contributed by atoms with Crippen LogP contribution in [0.25, 0.3) is 10.9 Å². The number of nitrogens with one attached hydrogen (secondary N) is 2. The summed E-state index contributed by atoms with van der Waals surface area (Å²) in [6.07, 6.45) is 4.28. The standard InChI is InChI=1S/C21H26N4O3/c1-22-19(26)18-10-28-21(11-24(18)9-14-6-7-14)12-25(13-21)20(27)16-8-23-17-5-3-2-4-15(16)17/h2-5,8,14,18,23H,6-7,9-13H2,1H3,(H,22,26)/t18-/m1/s1. The van der Waals surface area contributed by atoms with Crippen molar-refractivity contribution < 1.29 is 14.3 Å². The van der Waals surface area contributed by atoms with Gasteiger partial charge in [0.15, 0.2) is 0 Å². The van der Waals surface area contributed by atoms with E-state index < -0.39 is 0 Å². The number of morpholine rings is 1. The van der Waals surface area contributed by atoms with Crippen molar-refractivity contribution in [3.63, 3.8) is 0 Å². The highest BCUT2D eigenvalue weighted by Crippen LogP contribution is 2.36. The van der Waals surface area contributed by atoms with E-state index >= 15 is 0 Å². The molecule has 1 saturated carbocycles. The molecule has 2 aliphatic heterocycles. The molecule has 7 heteroatoms. The molecular weight excluding hydrogens is 356 g/mol. The van der Waals surface area contributed by atoms with Crippen LogP contribution in [0.3, 0.4) is 0 Å². The van der Waals surface area contributed by atoms with Crippen LogP contribution < -0.4 is 5.32 Å². The fourth-order valence-electron chi connectivity index (χ4n) is 4.52. The largest absolute Gasteiger partial charge is 0.368 e. The Morgan fingerprint density at radius 3 is 2.79 bits per heavy atom. The SMILES string of the molecule is CNC(=O)[C@H]1COC2(CN(C(=O)c3c[nH]c4ccccc34)C2)CN1CC1CC1. The number of carbonyl (C=O) groups is 2. The number of H-pyrrole nitrogens is 1. The van der Waals surface area contributed by atoms with Gasteiger partial charge in [-0.2, -0.15) is 0 Å². The maximum atomic E-state index is 13.0. The lowest BCUT2D eigenvalue weighted by Gasteiger charge is -2.55. The molecule has 5 rings (SSSR count). The molecule has 0 unspecified atom stereocenters. The van der Waals surface area contributed by atoms with Crippen LogP contribution in [0.2, 0.25) is 0 Å². The van der Waals surface area contributed by atoms with Crippen molar-refractivity contribution in [3.8, 4) is 0 Å². The number of rotatable bonds is 4. The van der Waals surface area contributed by atoms with Crippen LogP contribution in [0.4, 0.5) is 0 Å². The van der Waals surface area contributed by atoms with Crippen molar-refractivity contribution in [2.45, 2.75) is 24.5 Å². The van der Waals surface area contributed by atoms with Gasteiger partial charge in [0.05, 0.1) is 25.3 Å². The molecule has 3 aliphatic rings. The molecule has 2 N–H and O–H groups in total. The summed E-state index contributed by atoms with van der Waals surface area (Å²) < 4.78 is 6.15. The average molecular weight is 382 g/mol. The molecular formula is C21H26N4O3. The van der Waals surface area contributed by atoms with E-state index in [2.05, 4.69) is 15.2 Å². The summed E-state index contributed by atoms with van der Waals surface area (Å²) in [6, 6.07) is 7.62. The van der Waals surface area contributed by atoms with E-state index in [1.54, 1.807) is 13.2 Å². The number of aromatic amines is 1. The Morgan fingerprint density at radius 1 is 1.25 bits per heavy atom. The Labute approximate surface area is 164 Å². The van der Waals surface area contributed by atoms with Gasteiger partial charge in [0.25, 0.3) is 5.91 Å². The van der Waals surface area contributed by atoms with Gasteiger partial charge >= 0.3 is 0 Å². The zero-order valence-electron chi connectivity index (χ0n) is 16.1. The Bertz CT molecular complexity index is 913. The fraction of sp³-hybridized carbons (Fsp3) is 0.524. The second-order valence-corrected chi connectivity index (χ2v) is 8.41. The second-order valence-electron chi connectivity index (χ2n) is 8.41. The highest BCUT2D eigenvalue weighted by molar-refractivity contribution is 6.07. The van der Waals surface area contributed by atoms with Gasteiger partial charge in [-0.15, -0.1) is 0 Å². The summed E-state index contributed by atoms with van der Waals surface area (Å²) in [4.78, 5) is 32.5. The van der Waals surface area contributed by atoms with E-state index in [1.807, 2.05) is 29.2 Å². The molecule has 0 radical (unpaired) electrons. The molecule has 3 heterocycles. The number of hydrogen-bond donors (Lipinski definition) is 2. The van der Waals surface area contributed by atoms with Crippen LogP contribution in [0.5, 0.6) is 0 Å². The van der Waals surface area contributed by atoms with Crippen molar-refractivity contribution >= 4 is 22.7 Å². The molecule has 1 spiro atoms. The van der Waals surface area contributed by atoms with Crippen molar-refractivity contribution in [2.24, 2.45) is 5.92 Å². The summed E-state index contributed by atoms with van der Waals surface area (Å²) >= 11 is 0. The van der Waals surface area contributed by atoms with Gasteiger partial charge in [0.2, 0.25) is 5.91 Å². The Morgan fingerprint density at radius 2 is 2.04 bits per heavy atom. The summed E-state index contributed by atoms with van der Waals surface area (Å²) in [5.74, 6) is 0.752. The molecule has 148 valence electrons. The first-order valence-electron chi connectivity index (χ1n) is 10.0. The van der Waals surface area contributed by atoms with Gasteiger partial charge in [-0.1, -0.05) is 18.2 Å². The third-order valence-electron chi connectivity index (χ3n) is 6.28. The van der Waals surface area contributed by atoms with Crippen LogP contribution in [0, 0.1) is 5.92 Å². The van der Waals surface area contributed by atoms with E-state index in [9.17, 15) is 9.59 Å². The maximum Gasteiger partial charge on any atom is 0.256 e. The quantitative estimate of drug-likeness (QED) is 0.834. The molecule has 28 heavy (non-hydrogen) atoms. The van der Waals surface area contributed by atoms with Crippen molar-refractivity contribution in [1.82, 2.24) is 20.1 Å². The van der Waals surface area contributed by atoms with Gasteiger partial charge in [0, 0.05) is 37.2 Å². The lowest BCUT2D eigenvalue weighted by atomic mass is 9.89. The zero-order valence-corrected chi connectivity index (χ0v) is 16.1. The van der Waals surface area contributed by atoms with Crippen LogP contribution in [0.1, 0.15) is 23.2 Å². The Hall–Kier alpha value is -2.38. The number of fused-ring (bicyclic) bond motifs is 1. The summed E-state index contributed by atoms with van der Waals surface area (Å²) in [5, 5.41) is 3.71. The van der Waals surface area contributed by atoms with Crippen LogP contribution >= 0.6 is 0 Å². The van der Waals surface area contributed by atoms with Gasteiger partial charge in [-0.05, 0) is 24.8 Å². The van der Waals surface area contributed by atoms with Crippen LogP contribution in [-0.4, -0.2) is 78.1 Å². The number of amides is 2. The molecule has 2 amide bonds. The Kier molecular flexibility index (Phi) is 4.17. The van der Waals surface area contributed by atoms with E-state index in [0.29, 0.717) is 37.7 Å². The molecule has 0 bridgehead atoms. The van der Waals surface area contributed by atoms with E-state index in [1.165, 1.54) is 12.8 Å². The van der Waals surface area contributed by atoms with Gasteiger partial charge < -0.3 is 19.9 Å². The van der Waals surface area contributed by atoms with Gasteiger partial charge in [-0.25, -0.2) is 0 Å². The molecule has 1 aromatic carbocycles. The normalized spacial score (nSPS) is 24.3. The maximum absolute atomic E-state index is 13.0. The first-order chi connectivity index (χ1) is 13.6. The smallest absolute Gasteiger partial charge is 0.256 e. The van der Waals surface area contributed by atoms with Crippen LogP contribution in [-0.2, 0) is 9.53 Å². The molecule has 2 saturated heterocycles. The Balaban J connectivity index is 1.28. The lowest BCUT2D eigenvalue weighted by Crippen LogP contribution is -2.73. The first-order valence-corrected chi connectivity index (χ1v) is 10.0. The number of benzene rings is 1. The number of ether oxygens (including phenoxy) is 1. The summed E-state index contributed by atoms with van der Waals surface area (Å²) in [7, 11) is 1.67. The number of aromatic nitrogens is 1. The summed E-state index contributed by atoms with van der Waals surface area (Å²) in [5.41, 5.74) is 1.33. The molecule has 3 fully saturated rings. The fourth-order valence-corrected chi connectivity index (χ4v) is 4.52. The lowest BCUT2D eigenvalue weighted by molar-refractivity contribution is -0.191. The zero-order chi connectivity index (χ0) is 19.3. The van der Waals surface area contributed by atoms with Crippen molar-refractivity contribution in [2.75, 3.05) is 39.8 Å². The second kappa shape index (κ2) is 6.60. The molecule has 1 aromatic heterocycles. The third-order valence-corrected chi connectivity index (χ3v) is 6.28. The highest BCUT2D eigenvalue weighted by Gasteiger charge is 2.52. The van der Waals surface area contributed by atoms with Crippen LogP contribution in [0.15, 0.2) is 30.5 Å². The average Bonchev–Trinajstić information content (AvgIpc) is 3.40. The number of hydrogen-bond acceptors (Lipinski definition) is 4. The minimum atomic E-state index is -0.346. The first kappa shape index (κ1) is 17.7. The predicted octanol–water partition coefficient (Wildman–Crippen LogP) is 1.22. The van der Waals surface area contributed by atoms with Crippen molar-refractivity contribution in [1.29, 1.82) is 0 Å². The number of likely N-dealkylation sites (N-methyl/N-ethyl adjacent to an activating group) is 1. The van der Waals surface area contributed by atoms with E-state index in [-0.39, 0.29) is 23.5 Å². The minimum Gasteiger partial charge on any atom is -0.368 e. The minimum absolute atomic E-state index is 0.0153.